The van der Waals surface area contributed by atoms with Crippen LogP contribution in [0.2, 0.25) is 0 Å². The highest BCUT2D eigenvalue weighted by molar-refractivity contribution is 5.75. The number of hydrogen-bond donors (Lipinski definition) is 2. The molecule has 0 saturated carbocycles. The molecule has 0 heterocycles. The van der Waals surface area contributed by atoms with Crippen LogP contribution in [0.1, 0.15) is 43.7 Å². The maximum atomic E-state index is 11.5. The first kappa shape index (κ1) is 15.7. The molecular weight excluding hydrogens is 236 g/mol. The minimum Gasteiger partial charge on any atom is -0.356 e. The topological polar surface area (TPSA) is 41.1 Å². The minimum absolute atomic E-state index is 0.146. The van der Waals surface area contributed by atoms with Crippen LogP contribution in [0, 0.1) is 6.92 Å². The quantitative estimate of drug-likeness (QED) is 0.672. The van der Waals surface area contributed by atoms with Gasteiger partial charge in [-0.1, -0.05) is 49.6 Å². The molecule has 1 amide bonds. The fourth-order valence-corrected chi connectivity index (χ4v) is 1.95. The maximum Gasteiger partial charge on any atom is 0.221 e. The summed E-state index contributed by atoms with van der Waals surface area (Å²) in [5.41, 5.74) is 2.54. The number of amides is 1. The Kier molecular flexibility index (Phi) is 7.91. The average molecular weight is 262 g/mol. The van der Waals surface area contributed by atoms with Crippen molar-refractivity contribution < 1.29 is 4.79 Å². The molecule has 0 spiro atoms. The van der Waals surface area contributed by atoms with Crippen molar-refractivity contribution in [1.29, 1.82) is 0 Å². The number of benzene rings is 1. The van der Waals surface area contributed by atoms with Crippen LogP contribution in [0.4, 0.5) is 0 Å². The van der Waals surface area contributed by atoms with Crippen molar-refractivity contribution in [3.8, 4) is 0 Å². The van der Waals surface area contributed by atoms with Crippen LogP contribution in [0.25, 0.3) is 0 Å². The minimum atomic E-state index is 0.146. The number of carbonyl (C=O) groups is 1. The summed E-state index contributed by atoms with van der Waals surface area (Å²) in [6.07, 6.45) is 4.01. The Morgan fingerprint density at radius 2 is 2.05 bits per heavy atom. The molecule has 1 aromatic carbocycles. The molecule has 1 aromatic rings. The van der Waals surface area contributed by atoms with Crippen LogP contribution in [-0.2, 0) is 11.3 Å². The highest BCUT2D eigenvalue weighted by Crippen LogP contribution is 2.03. The molecule has 106 valence electrons. The Bertz CT molecular complexity index is 377. The molecule has 3 nitrogen and oxygen atoms in total. The second-order valence-corrected chi connectivity index (χ2v) is 4.97. The van der Waals surface area contributed by atoms with Crippen molar-refractivity contribution in [3.63, 3.8) is 0 Å². The van der Waals surface area contributed by atoms with Crippen LogP contribution in [0.5, 0.6) is 0 Å². The molecular formula is C16H26N2O. The van der Waals surface area contributed by atoms with Crippen molar-refractivity contribution in [2.45, 2.75) is 46.1 Å². The zero-order chi connectivity index (χ0) is 13.9. The zero-order valence-electron chi connectivity index (χ0n) is 12.2. The van der Waals surface area contributed by atoms with Crippen LogP contribution in [0.15, 0.2) is 24.3 Å². The second kappa shape index (κ2) is 9.56. The van der Waals surface area contributed by atoms with Gasteiger partial charge in [0.25, 0.3) is 0 Å². The van der Waals surface area contributed by atoms with Gasteiger partial charge >= 0.3 is 0 Å². The molecule has 1 rings (SSSR count). The highest BCUT2D eigenvalue weighted by atomic mass is 16.1. The third kappa shape index (κ3) is 7.62. The highest BCUT2D eigenvalue weighted by Gasteiger charge is 2.00. The summed E-state index contributed by atoms with van der Waals surface area (Å²) >= 11 is 0. The predicted molar refractivity (Wildman–Crippen MR) is 80.0 cm³/mol. The summed E-state index contributed by atoms with van der Waals surface area (Å²) in [5, 5.41) is 6.25. The number of hydrogen-bond acceptors (Lipinski definition) is 2. The van der Waals surface area contributed by atoms with Gasteiger partial charge < -0.3 is 10.6 Å². The first-order valence-electron chi connectivity index (χ1n) is 7.25. The van der Waals surface area contributed by atoms with Gasteiger partial charge in [0.15, 0.2) is 0 Å². The van der Waals surface area contributed by atoms with E-state index in [0.29, 0.717) is 6.42 Å². The smallest absolute Gasteiger partial charge is 0.221 e. The van der Waals surface area contributed by atoms with Crippen molar-refractivity contribution >= 4 is 5.91 Å². The SMILES string of the molecule is CCCCCNC(=O)CCNCc1cccc(C)c1. The van der Waals surface area contributed by atoms with E-state index < -0.39 is 0 Å². The fraction of sp³-hybridized carbons (Fsp3) is 0.562. The Labute approximate surface area is 116 Å². The molecule has 0 aromatic heterocycles. The predicted octanol–water partition coefficient (Wildman–Crippen LogP) is 2.78. The van der Waals surface area contributed by atoms with Gasteiger partial charge in [-0.05, 0) is 18.9 Å². The van der Waals surface area contributed by atoms with E-state index in [9.17, 15) is 4.79 Å². The van der Waals surface area contributed by atoms with Gasteiger partial charge in [-0.3, -0.25) is 4.79 Å². The number of aryl methyl sites for hydroxylation is 1. The average Bonchev–Trinajstić information content (AvgIpc) is 2.40. The lowest BCUT2D eigenvalue weighted by atomic mass is 10.1. The van der Waals surface area contributed by atoms with Gasteiger partial charge in [-0.25, -0.2) is 0 Å². The van der Waals surface area contributed by atoms with Gasteiger partial charge in [-0.15, -0.1) is 0 Å². The summed E-state index contributed by atoms with van der Waals surface area (Å²) in [5.74, 6) is 0.146. The fourth-order valence-electron chi connectivity index (χ4n) is 1.95. The third-order valence-electron chi connectivity index (χ3n) is 3.04. The van der Waals surface area contributed by atoms with Gasteiger partial charge in [0, 0.05) is 26.1 Å². The molecule has 0 fully saturated rings. The Morgan fingerprint density at radius 1 is 1.21 bits per heavy atom. The standard InChI is InChI=1S/C16H26N2O/c1-3-4-5-10-18-16(19)9-11-17-13-15-8-6-7-14(2)12-15/h6-8,12,17H,3-5,9-11,13H2,1-2H3,(H,18,19). The van der Waals surface area contributed by atoms with E-state index in [2.05, 4.69) is 48.7 Å². The van der Waals surface area contributed by atoms with Crippen molar-refractivity contribution in [2.24, 2.45) is 0 Å². The van der Waals surface area contributed by atoms with Crippen molar-refractivity contribution in [1.82, 2.24) is 10.6 Å². The van der Waals surface area contributed by atoms with Gasteiger partial charge in [0.1, 0.15) is 0 Å². The summed E-state index contributed by atoms with van der Waals surface area (Å²) in [6, 6.07) is 8.42. The molecule has 0 aliphatic carbocycles. The Morgan fingerprint density at radius 3 is 2.79 bits per heavy atom. The van der Waals surface area contributed by atoms with E-state index in [1.165, 1.54) is 24.0 Å². The second-order valence-electron chi connectivity index (χ2n) is 4.97. The molecule has 0 saturated heterocycles. The van der Waals surface area contributed by atoms with Crippen molar-refractivity contribution in [2.75, 3.05) is 13.1 Å². The lowest BCUT2D eigenvalue weighted by Crippen LogP contribution is -2.28. The van der Waals surface area contributed by atoms with E-state index >= 15 is 0 Å². The van der Waals surface area contributed by atoms with Crippen LogP contribution in [0.3, 0.4) is 0 Å². The first-order valence-corrected chi connectivity index (χ1v) is 7.25. The number of rotatable bonds is 9. The third-order valence-corrected chi connectivity index (χ3v) is 3.04. The maximum absolute atomic E-state index is 11.5. The summed E-state index contributed by atoms with van der Waals surface area (Å²) < 4.78 is 0. The molecule has 0 unspecified atom stereocenters. The molecule has 0 aliphatic heterocycles. The van der Waals surface area contributed by atoms with Gasteiger partial charge in [0.05, 0.1) is 0 Å². The first-order chi connectivity index (χ1) is 9.22. The largest absolute Gasteiger partial charge is 0.356 e. The van der Waals surface area contributed by atoms with Gasteiger partial charge in [0.2, 0.25) is 5.91 Å². The molecule has 2 N–H and O–H groups in total. The molecule has 0 bridgehead atoms. The number of nitrogens with one attached hydrogen (secondary N) is 2. The Hall–Kier alpha value is -1.35. The normalized spacial score (nSPS) is 10.4. The van der Waals surface area contributed by atoms with E-state index in [1.807, 2.05) is 0 Å². The summed E-state index contributed by atoms with van der Waals surface area (Å²) in [6.45, 7) is 6.62. The number of carbonyl (C=O) groups excluding carboxylic acids is 1. The number of unbranched alkanes of at least 4 members (excludes halogenated alkanes) is 2. The monoisotopic (exact) mass is 262 g/mol. The molecule has 0 atom stereocenters. The van der Waals surface area contributed by atoms with E-state index in [1.54, 1.807) is 0 Å². The van der Waals surface area contributed by atoms with E-state index in [-0.39, 0.29) is 5.91 Å². The Balaban J connectivity index is 2.05. The van der Waals surface area contributed by atoms with E-state index in [4.69, 9.17) is 0 Å². The van der Waals surface area contributed by atoms with Gasteiger partial charge in [-0.2, -0.15) is 0 Å². The van der Waals surface area contributed by atoms with E-state index in [0.717, 1.165) is 26.1 Å². The molecule has 0 radical (unpaired) electrons. The van der Waals surface area contributed by atoms with Crippen LogP contribution in [-0.4, -0.2) is 19.0 Å². The lowest BCUT2D eigenvalue weighted by molar-refractivity contribution is -0.121. The van der Waals surface area contributed by atoms with Crippen LogP contribution >= 0.6 is 0 Å². The van der Waals surface area contributed by atoms with Crippen LogP contribution < -0.4 is 10.6 Å². The molecule has 0 aliphatic rings. The summed E-state index contributed by atoms with van der Waals surface area (Å²) in [7, 11) is 0. The zero-order valence-corrected chi connectivity index (χ0v) is 12.2. The molecule has 3 heteroatoms. The summed E-state index contributed by atoms with van der Waals surface area (Å²) in [4.78, 5) is 11.5. The lowest BCUT2D eigenvalue weighted by Gasteiger charge is -2.07. The molecule has 19 heavy (non-hydrogen) atoms. The van der Waals surface area contributed by atoms with Crippen molar-refractivity contribution in [3.05, 3.63) is 35.4 Å².